The summed E-state index contributed by atoms with van der Waals surface area (Å²) >= 11 is 0. The maximum atomic E-state index is 13.3. The van der Waals surface area contributed by atoms with E-state index >= 15 is 0 Å². The number of anilines is 1. The molecule has 3 heterocycles. The molecule has 1 fully saturated rings. The Hall–Kier alpha value is -3.80. The van der Waals surface area contributed by atoms with Crippen molar-refractivity contribution in [2.75, 3.05) is 11.5 Å². The van der Waals surface area contributed by atoms with E-state index in [9.17, 15) is 14.7 Å². The second-order valence-corrected chi connectivity index (χ2v) is 8.74. The fourth-order valence-electron chi connectivity index (χ4n) is 4.72. The maximum absolute atomic E-state index is 13.3. The summed E-state index contributed by atoms with van der Waals surface area (Å²) in [6.07, 6.45) is 1.72. The van der Waals surface area contributed by atoms with Gasteiger partial charge in [-0.15, -0.1) is 0 Å². The fourth-order valence-corrected chi connectivity index (χ4v) is 4.72. The number of amides is 1. The van der Waals surface area contributed by atoms with Crippen molar-refractivity contribution >= 4 is 23.1 Å². The van der Waals surface area contributed by atoms with Crippen LogP contribution in [0.15, 0.2) is 58.5 Å². The van der Waals surface area contributed by atoms with Crippen LogP contribution < -0.4 is 9.64 Å². The molecule has 6 nitrogen and oxygen atoms in total. The highest BCUT2D eigenvalue weighted by atomic mass is 16.5. The van der Waals surface area contributed by atoms with Gasteiger partial charge in [-0.3, -0.25) is 14.5 Å². The number of fused-ring (bicyclic) bond motifs is 1. The third kappa shape index (κ3) is 3.61. The van der Waals surface area contributed by atoms with Crippen molar-refractivity contribution in [1.82, 2.24) is 0 Å². The lowest BCUT2D eigenvalue weighted by Crippen LogP contribution is -2.29. The summed E-state index contributed by atoms with van der Waals surface area (Å²) < 4.78 is 11.5. The third-order valence-electron chi connectivity index (χ3n) is 6.14. The molecule has 1 saturated heterocycles. The molecule has 3 aromatic rings. The number of rotatable bonds is 3. The average molecular weight is 443 g/mol. The molecule has 168 valence electrons. The maximum Gasteiger partial charge on any atom is 0.300 e. The molecule has 0 saturated carbocycles. The van der Waals surface area contributed by atoms with E-state index in [2.05, 4.69) is 0 Å². The van der Waals surface area contributed by atoms with Gasteiger partial charge in [-0.2, -0.15) is 0 Å². The van der Waals surface area contributed by atoms with Crippen LogP contribution in [0.4, 0.5) is 5.69 Å². The number of carbonyl (C=O) groups excluding carboxylic acids is 2. The van der Waals surface area contributed by atoms with Crippen molar-refractivity contribution in [3.63, 3.8) is 0 Å². The van der Waals surface area contributed by atoms with Crippen LogP contribution in [0.3, 0.4) is 0 Å². The summed E-state index contributed by atoms with van der Waals surface area (Å²) in [6, 6.07) is 13.7. The van der Waals surface area contributed by atoms with Crippen molar-refractivity contribution < 1.29 is 23.8 Å². The van der Waals surface area contributed by atoms with Crippen LogP contribution in [0.25, 0.3) is 5.76 Å². The molecule has 1 aromatic heterocycles. The molecule has 1 amide bonds. The molecule has 2 aliphatic heterocycles. The lowest BCUT2D eigenvalue weighted by atomic mass is 9.96. The average Bonchev–Trinajstić information content (AvgIpc) is 3.33. The van der Waals surface area contributed by atoms with E-state index in [4.69, 9.17) is 9.15 Å². The molecule has 1 atom stereocenters. The summed E-state index contributed by atoms with van der Waals surface area (Å²) in [4.78, 5) is 28.0. The molecule has 0 aliphatic carbocycles. The van der Waals surface area contributed by atoms with Crippen LogP contribution in [-0.2, 0) is 16.0 Å². The minimum absolute atomic E-state index is 0.0187. The molecule has 2 aliphatic rings. The van der Waals surface area contributed by atoms with E-state index in [0.29, 0.717) is 29.4 Å². The molecule has 6 heteroatoms. The highest BCUT2D eigenvalue weighted by Crippen LogP contribution is 2.43. The van der Waals surface area contributed by atoms with Gasteiger partial charge in [0.2, 0.25) is 0 Å². The quantitative estimate of drug-likeness (QED) is 0.344. The van der Waals surface area contributed by atoms with Crippen molar-refractivity contribution in [2.45, 2.75) is 39.7 Å². The number of ketones is 1. The zero-order chi connectivity index (χ0) is 23.3. The Morgan fingerprint density at radius 2 is 1.76 bits per heavy atom. The van der Waals surface area contributed by atoms with E-state index in [-0.39, 0.29) is 11.3 Å². The first-order valence-electron chi connectivity index (χ1n) is 11.0. The molecule has 1 unspecified atom stereocenters. The van der Waals surface area contributed by atoms with Gasteiger partial charge in [0.05, 0.1) is 12.2 Å². The normalized spacial score (nSPS) is 19.5. The van der Waals surface area contributed by atoms with Crippen molar-refractivity contribution in [3.8, 4) is 5.75 Å². The van der Waals surface area contributed by atoms with Crippen molar-refractivity contribution in [2.24, 2.45) is 0 Å². The van der Waals surface area contributed by atoms with Crippen LogP contribution in [0.1, 0.15) is 46.2 Å². The van der Waals surface area contributed by atoms with Gasteiger partial charge in [-0.05, 0) is 92.8 Å². The highest BCUT2D eigenvalue weighted by molar-refractivity contribution is 6.51. The van der Waals surface area contributed by atoms with Gasteiger partial charge in [0.25, 0.3) is 11.7 Å². The van der Waals surface area contributed by atoms with Crippen LogP contribution >= 0.6 is 0 Å². The Morgan fingerprint density at radius 1 is 1.00 bits per heavy atom. The standard InChI is InChI=1S/C27H25NO5/c1-15-11-16(2)13-20(12-15)28-24(22-8-6-17(3)33-22)23(26(30)27(28)31)25(29)19-7-9-21-18(14-19)5-4-10-32-21/h6-9,11-14,24,29H,4-5,10H2,1-3H3/b25-23-. The number of aryl methyl sites for hydroxylation is 4. The molecule has 33 heavy (non-hydrogen) atoms. The molecule has 2 aromatic carbocycles. The third-order valence-corrected chi connectivity index (χ3v) is 6.14. The number of aliphatic hydroxyl groups is 1. The zero-order valence-corrected chi connectivity index (χ0v) is 18.8. The van der Waals surface area contributed by atoms with E-state index in [1.54, 1.807) is 31.2 Å². The smallest absolute Gasteiger partial charge is 0.300 e. The number of ether oxygens (including phenoxy) is 1. The van der Waals surface area contributed by atoms with Crippen molar-refractivity contribution in [1.29, 1.82) is 0 Å². The second kappa shape index (κ2) is 7.96. The van der Waals surface area contributed by atoms with E-state index in [0.717, 1.165) is 35.3 Å². The fraction of sp³-hybridized carbons (Fsp3) is 0.259. The van der Waals surface area contributed by atoms with Crippen LogP contribution in [0, 0.1) is 20.8 Å². The summed E-state index contributed by atoms with van der Waals surface area (Å²) in [5, 5.41) is 11.3. The summed E-state index contributed by atoms with van der Waals surface area (Å²) in [7, 11) is 0. The van der Waals surface area contributed by atoms with E-state index < -0.39 is 17.7 Å². The largest absolute Gasteiger partial charge is 0.507 e. The summed E-state index contributed by atoms with van der Waals surface area (Å²) in [5.74, 6) is 0.219. The number of hydrogen-bond acceptors (Lipinski definition) is 5. The minimum Gasteiger partial charge on any atom is -0.507 e. The van der Waals surface area contributed by atoms with Gasteiger partial charge in [-0.1, -0.05) is 6.07 Å². The predicted octanol–water partition coefficient (Wildman–Crippen LogP) is 5.16. The first-order chi connectivity index (χ1) is 15.8. The first-order valence-corrected chi connectivity index (χ1v) is 11.0. The lowest BCUT2D eigenvalue weighted by molar-refractivity contribution is -0.132. The topological polar surface area (TPSA) is 80.0 Å². The number of benzene rings is 2. The Kier molecular flexibility index (Phi) is 5.08. The lowest BCUT2D eigenvalue weighted by Gasteiger charge is -2.24. The molecule has 0 spiro atoms. The number of Topliss-reactive ketones (excluding diaryl/α,β-unsaturated/α-hetero) is 1. The molecule has 0 radical (unpaired) electrons. The zero-order valence-electron chi connectivity index (χ0n) is 18.8. The highest BCUT2D eigenvalue weighted by Gasteiger charge is 2.48. The van der Waals surface area contributed by atoms with Gasteiger partial charge in [0, 0.05) is 11.3 Å². The molecular weight excluding hydrogens is 418 g/mol. The van der Waals surface area contributed by atoms with Gasteiger partial charge in [0.1, 0.15) is 29.1 Å². The monoisotopic (exact) mass is 443 g/mol. The Bertz CT molecular complexity index is 1300. The summed E-state index contributed by atoms with van der Waals surface area (Å²) in [5.41, 5.74) is 3.99. The molecule has 5 rings (SSSR count). The SMILES string of the molecule is Cc1cc(C)cc(N2C(=O)C(=O)/C(=C(\O)c3ccc4c(c3)CCCO4)C2c2ccc(C)o2)c1. The molecule has 1 N–H and O–H groups in total. The van der Waals surface area contributed by atoms with Gasteiger partial charge < -0.3 is 14.3 Å². The van der Waals surface area contributed by atoms with E-state index in [1.165, 1.54) is 4.90 Å². The predicted molar refractivity (Wildman–Crippen MR) is 124 cm³/mol. The Labute approximate surface area is 192 Å². The number of aliphatic hydroxyl groups excluding tert-OH is 1. The van der Waals surface area contributed by atoms with Gasteiger partial charge in [-0.25, -0.2) is 0 Å². The van der Waals surface area contributed by atoms with Crippen LogP contribution in [0.2, 0.25) is 0 Å². The Balaban J connectivity index is 1.70. The van der Waals surface area contributed by atoms with Gasteiger partial charge >= 0.3 is 0 Å². The van der Waals surface area contributed by atoms with E-state index in [1.807, 2.05) is 38.1 Å². The summed E-state index contributed by atoms with van der Waals surface area (Å²) in [6.45, 7) is 6.34. The first kappa shape index (κ1) is 21.1. The molecule has 0 bridgehead atoms. The number of carbonyl (C=O) groups is 2. The number of furan rings is 1. The number of nitrogens with zero attached hydrogens (tertiary/aromatic N) is 1. The number of hydrogen-bond donors (Lipinski definition) is 1. The van der Waals surface area contributed by atoms with Crippen LogP contribution in [0.5, 0.6) is 5.75 Å². The Morgan fingerprint density at radius 3 is 2.45 bits per heavy atom. The minimum atomic E-state index is -0.868. The van der Waals surface area contributed by atoms with Crippen molar-refractivity contribution in [3.05, 3.63) is 87.9 Å². The second-order valence-electron chi connectivity index (χ2n) is 8.74. The molecular formula is C27H25NO5. The van der Waals surface area contributed by atoms with Gasteiger partial charge in [0.15, 0.2) is 0 Å². The van der Waals surface area contributed by atoms with Crippen LogP contribution in [-0.4, -0.2) is 23.4 Å².